The Morgan fingerprint density at radius 1 is 1.29 bits per heavy atom. The van der Waals surface area contributed by atoms with E-state index < -0.39 is 0 Å². The third-order valence-corrected chi connectivity index (χ3v) is 5.17. The molecule has 0 amide bonds. The van der Waals surface area contributed by atoms with Gasteiger partial charge in [0.1, 0.15) is 5.82 Å². The van der Waals surface area contributed by atoms with Crippen LogP contribution < -0.4 is 10.9 Å². The predicted molar refractivity (Wildman–Crippen MR) is 130 cm³/mol. The minimum Gasteiger partial charge on any atom is -0.366 e. The number of rotatable bonds is 10. The molecule has 0 spiro atoms. The van der Waals surface area contributed by atoms with Gasteiger partial charge in [-0.2, -0.15) is 0 Å². The molecule has 0 aliphatic rings. The summed E-state index contributed by atoms with van der Waals surface area (Å²) < 4.78 is 3.66. The zero-order valence-corrected chi connectivity index (χ0v) is 18.8. The molecule has 162 valence electrons. The highest BCUT2D eigenvalue weighted by molar-refractivity contribution is 6.30. The first kappa shape index (κ1) is 22.6. The molecule has 3 rings (SSSR count). The summed E-state index contributed by atoms with van der Waals surface area (Å²) in [7, 11) is 0. The average molecular weight is 438 g/mol. The molecule has 0 radical (unpaired) electrons. The summed E-state index contributed by atoms with van der Waals surface area (Å²) in [5.41, 5.74) is 2.30. The number of nitrogens with zero attached hydrogens (tertiary/aromatic N) is 4. The van der Waals surface area contributed by atoms with E-state index in [4.69, 9.17) is 16.6 Å². The number of aryl methyl sites for hydroxylation is 1. The van der Waals surface area contributed by atoms with E-state index in [0.29, 0.717) is 17.3 Å². The van der Waals surface area contributed by atoms with Crippen molar-refractivity contribution in [3.05, 3.63) is 76.8 Å². The van der Waals surface area contributed by atoms with Gasteiger partial charge in [-0.05, 0) is 31.6 Å². The molecule has 0 saturated carbocycles. The summed E-state index contributed by atoms with van der Waals surface area (Å²) in [6, 6.07) is 9.07. The van der Waals surface area contributed by atoms with Crippen LogP contribution in [-0.2, 0) is 6.54 Å². The Hall–Kier alpha value is -3.12. The van der Waals surface area contributed by atoms with Crippen LogP contribution in [0.1, 0.15) is 33.1 Å². The molecule has 31 heavy (non-hydrogen) atoms. The monoisotopic (exact) mass is 437 g/mol. The first-order valence-electron chi connectivity index (χ1n) is 10.5. The smallest absolute Gasteiger partial charge is 0.261 e. The van der Waals surface area contributed by atoms with Crippen LogP contribution in [0.4, 0.5) is 5.82 Å². The van der Waals surface area contributed by atoms with Crippen molar-refractivity contribution in [1.82, 2.24) is 14.0 Å². The molecule has 0 saturated heterocycles. The first-order valence-corrected chi connectivity index (χ1v) is 10.9. The van der Waals surface area contributed by atoms with Crippen molar-refractivity contribution in [2.24, 2.45) is 4.99 Å². The second-order valence-electron chi connectivity index (χ2n) is 7.19. The molecule has 1 N–H and O–H groups in total. The normalized spacial score (nSPS) is 12.0. The van der Waals surface area contributed by atoms with Crippen molar-refractivity contribution in [1.29, 1.82) is 0 Å². The minimum absolute atomic E-state index is 0.137. The number of halogens is 1. The summed E-state index contributed by atoms with van der Waals surface area (Å²) in [4.78, 5) is 22.0. The number of fused-ring (bicyclic) bond motifs is 1. The van der Waals surface area contributed by atoms with Gasteiger partial charge in [-0.3, -0.25) is 18.8 Å². The summed E-state index contributed by atoms with van der Waals surface area (Å²) in [5, 5.41) is 4.01. The summed E-state index contributed by atoms with van der Waals surface area (Å²) >= 11 is 6.02. The van der Waals surface area contributed by atoms with Gasteiger partial charge >= 0.3 is 0 Å². The SMILES string of the molecule is C=CC(CNc1cc(=O)n2cc(-c3ccc(Cl)cc3)nc2n1CCCCC)=N/C=C\C. The molecule has 0 unspecified atom stereocenters. The van der Waals surface area contributed by atoms with Crippen LogP contribution in [0.2, 0.25) is 5.02 Å². The Morgan fingerprint density at radius 3 is 2.74 bits per heavy atom. The Kier molecular flexibility index (Phi) is 7.84. The molecule has 0 fully saturated rings. The number of imidazole rings is 1. The summed E-state index contributed by atoms with van der Waals surface area (Å²) in [5.74, 6) is 1.33. The van der Waals surface area contributed by atoms with Gasteiger partial charge in [0, 0.05) is 35.6 Å². The number of anilines is 1. The van der Waals surface area contributed by atoms with Crippen LogP contribution >= 0.6 is 11.6 Å². The van der Waals surface area contributed by atoms with Crippen LogP contribution in [-0.4, -0.2) is 26.2 Å². The number of aliphatic imine (C=N–C) groups is 1. The van der Waals surface area contributed by atoms with Gasteiger partial charge in [0.2, 0.25) is 5.78 Å². The number of hydrogen-bond acceptors (Lipinski definition) is 4. The predicted octanol–water partition coefficient (Wildman–Crippen LogP) is 5.58. The second kappa shape index (κ2) is 10.8. The third-order valence-electron chi connectivity index (χ3n) is 4.92. The van der Waals surface area contributed by atoms with Crippen molar-refractivity contribution in [3.63, 3.8) is 0 Å². The number of nitrogens with one attached hydrogen (secondary N) is 1. The number of allylic oxidation sites excluding steroid dienone is 1. The van der Waals surface area contributed by atoms with E-state index in [1.807, 2.05) is 37.3 Å². The largest absolute Gasteiger partial charge is 0.366 e. The summed E-state index contributed by atoms with van der Waals surface area (Å²) in [6.45, 7) is 9.12. The molecular weight excluding hydrogens is 410 g/mol. The van der Waals surface area contributed by atoms with Crippen molar-refractivity contribution in [2.45, 2.75) is 39.7 Å². The molecule has 0 aliphatic heterocycles. The molecule has 7 heteroatoms. The fourth-order valence-corrected chi connectivity index (χ4v) is 3.39. The Labute approximate surface area is 187 Å². The van der Waals surface area contributed by atoms with Crippen molar-refractivity contribution in [3.8, 4) is 11.3 Å². The lowest BCUT2D eigenvalue weighted by atomic mass is 10.2. The molecule has 1 aromatic carbocycles. The van der Waals surface area contributed by atoms with E-state index in [1.54, 1.807) is 28.9 Å². The highest BCUT2D eigenvalue weighted by Crippen LogP contribution is 2.22. The number of benzene rings is 1. The molecule has 2 heterocycles. The van der Waals surface area contributed by atoms with E-state index in [9.17, 15) is 4.79 Å². The topological polar surface area (TPSA) is 63.7 Å². The maximum Gasteiger partial charge on any atom is 0.261 e. The zero-order chi connectivity index (χ0) is 22.2. The lowest BCUT2D eigenvalue weighted by Crippen LogP contribution is -2.23. The van der Waals surface area contributed by atoms with Gasteiger partial charge in [-0.25, -0.2) is 4.98 Å². The lowest BCUT2D eigenvalue weighted by molar-refractivity contribution is 0.605. The standard InChI is InChI=1S/C24H28ClN5O/c1-4-7-8-14-29-22(27-16-20(6-3)26-13-5-2)15-23(31)30-17-21(28-24(29)30)18-9-11-19(25)12-10-18/h5-6,9-13,15,17,27H,3-4,7-8,14,16H2,1-2H3/b13-5-,26-20?. The molecule has 6 nitrogen and oxygen atoms in total. The molecule has 0 aliphatic carbocycles. The van der Waals surface area contributed by atoms with Gasteiger partial charge in [-0.1, -0.05) is 56.2 Å². The fraction of sp³-hybridized carbons (Fsp3) is 0.292. The average Bonchev–Trinajstić information content (AvgIpc) is 3.22. The van der Waals surface area contributed by atoms with Crippen molar-refractivity contribution >= 4 is 28.9 Å². The van der Waals surface area contributed by atoms with Crippen LogP contribution in [0.25, 0.3) is 17.0 Å². The van der Waals surface area contributed by atoms with Crippen molar-refractivity contribution in [2.75, 3.05) is 11.9 Å². The van der Waals surface area contributed by atoms with Crippen LogP contribution in [0.15, 0.2) is 71.2 Å². The quantitative estimate of drug-likeness (QED) is 0.332. The Bertz CT molecular complexity index is 1160. The van der Waals surface area contributed by atoms with Gasteiger partial charge < -0.3 is 5.32 Å². The van der Waals surface area contributed by atoms with Crippen LogP contribution in [0, 0.1) is 0 Å². The highest BCUT2D eigenvalue weighted by Gasteiger charge is 2.14. The molecular formula is C24H28ClN5O. The fourth-order valence-electron chi connectivity index (χ4n) is 3.26. The van der Waals surface area contributed by atoms with Crippen molar-refractivity contribution < 1.29 is 0 Å². The Morgan fingerprint density at radius 2 is 2.06 bits per heavy atom. The zero-order valence-electron chi connectivity index (χ0n) is 18.0. The van der Waals surface area contributed by atoms with E-state index in [-0.39, 0.29) is 5.56 Å². The third kappa shape index (κ3) is 5.52. The first-order chi connectivity index (χ1) is 15.1. The van der Waals surface area contributed by atoms with E-state index >= 15 is 0 Å². The minimum atomic E-state index is -0.137. The lowest BCUT2D eigenvalue weighted by Gasteiger charge is -2.16. The number of aromatic nitrogens is 3. The van der Waals surface area contributed by atoms with Gasteiger partial charge in [0.05, 0.1) is 18.0 Å². The van der Waals surface area contributed by atoms with E-state index in [2.05, 4.69) is 28.4 Å². The van der Waals surface area contributed by atoms with Crippen LogP contribution in [0.3, 0.4) is 0 Å². The second-order valence-corrected chi connectivity index (χ2v) is 7.63. The molecule has 3 aromatic rings. The van der Waals surface area contributed by atoms with Gasteiger partial charge in [0.25, 0.3) is 5.56 Å². The summed E-state index contributed by atoms with van der Waals surface area (Å²) in [6.07, 6.45) is 10.3. The Balaban J connectivity index is 2.04. The van der Waals surface area contributed by atoms with E-state index in [0.717, 1.165) is 48.6 Å². The molecule has 0 atom stereocenters. The maximum absolute atomic E-state index is 12.9. The van der Waals surface area contributed by atoms with Crippen LogP contribution in [0.5, 0.6) is 0 Å². The number of unbranched alkanes of at least 4 members (excludes halogenated alkanes) is 2. The van der Waals surface area contributed by atoms with E-state index in [1.165, 1.54) is 0 Å². The maximum atomic E-state index is 12.9. The van der Waals surface area contributed by atoms with Gasteiger partial charge in [0.15, 0.2) is 0 Å². The molecule has 2 aromatic heterocycles. The molecule has 0 bridgehead atoms. The highest BCUT2D eigenvalue weighted by atomic mass is 35.5. The van der Waals surface area contributed by atoms with Gasteiger partial charge in [-0.15, -0.1) is 0 Å². The number of hydrogen-bond donors (Lipinski definition) is 1.